The molecule has 15 heavy (non-hydrogen) atoms. The minimum atomic E-state index is 0.800. The van der Waals surface area contributed by atoms with Crippen molar-refractivity contribution in [1.82, 2.24) is 4.98 Å². The fourth-order valence-corrected chi connectivity index (χ4v) is 1.96. The van der Waals surface area contributed by atoms with Crippen molar-refractivity contribution in [2.24, 2.45) is 0 Å². The van der Waals surface area contributed by atoms with Crippen LogP contribution in [0.5, 0.6) is 0 Å². The van der Waals surface area contributed by atoms with E-state index in [4.69, 9.17) is 5.73 Å². The Balaban J connectivity index is 2.45. The van der Waals surface area contributed by atoms with Crippen LogP contribution in [0.25, 0.3) is 17.0 Å². The van der Waals surface area contributed by atoms with Gasteiger partial charge in [0.15, 0.2) is 0 Å². The second-order valence-corrected chi connectivity index (χ2v) is 3.61. The van der Waals surface area contributed by atoms with Gasteiger partial charge >= 0.3 is 0 Å². The zero-order chi connectivity index (χ0) is 10.3. The molecule has 3 nitrogen and oxygen atoms in total. The smallest absolute Gasteiger partial charge is 0.0941 e. The van der Waals surface area contributed by atoms with E-state index in [1.165, 1.54) is 0 Å². The molecular formula is C12H11N3. The van der Waals surface area contributed by atoms with E-state index < -0.39 is 0 Å². The summed E-state index contributed by atoms with van der Waals surface area (Å²) in [4.78, 5) is 4.38. The van der Waals surface area contributed by atoms with Gasteiger partial charge in [-0.2, -0.15) is 0 Å². The number of nitrogens with two attached hydrogens (primary N) is 1. The maximum absolute atomic E-state index is 5.99. The molecule has 3 rings (SSSR count). The van der Waals surface area contributed by atoms with Crippen LogP contribution in [0.4, 0.5) is 11.4 Å². The molecule has 0 atom stereocenters. The number of nitrogen functional groups attached to an aromatic ring is 1. The predicted octanol–water partition coefficient (Wildman–Crippen LogP) is 2.26. The van der Waals surface area contributed by atoms with Crippen molar-refractivity contribution in [2.75, 3.05) is 17.6 Å². The van der Waals surface area contributed by atoms with Crippen molar-refractivity contribution in [2.45, 2.75) is 0 Å². The van der Waals surface area contributed by atoms with Crippen LogP contribution in [0.15, 0.2) is 30.5 Å². The summed E-state index contributed by atoms with van der Waals surface area (Å²) in [5.74, 6) is 0. The van der Waals surface area contributed by atoms with Gasteiger partial charge in [0.1, 0.15) is 0 Å². The zero-order valence-corrected chi connectivity index (χ0v) is 8.20. The molecule has 0 radical (unpaired) electrons. The molecule has 1 aliphatic rings. The SMILES string of the molecule is Nc1cc2cccnc2c2c1C=CCN2. The Morgan fingerprint density at radius 1 is 1.40 bits per heavy atom. The maximum atomic E-state index is 5.99. The van der Waals surface area contributed by atoms with Crippen molar-refractivity contribution in [3.8, 4) is 0 Å². The summed E-state index contributed by atoms with van der Waals surface area (Å²) in [5, 5.41) is 4.40. The Labute approximate surface area is 87.6 Å². The van der Waals surface area contributed by atoms with E-state index in [1.807, 2.05) is 18.2 Å². The van der Waals surface area contributed by atoms with E-state index >= 15 is 0 Å². The highest BCUT2D eigenvalue weighted by molar-refractivity contribution is 6.00. The molecular weight excluding hydrogens is 186 g/mol. The van der Waals surface area contributed by atoms with Crippen LogP contribution in [0.2, 0.25) is 0 Å². The molecule has 3 N–H and O–H groups in total. The van der Waals surface area contributed by atoms with Crippen molar-refractivity contribution >= 4 is 28.4 Å². The van der Waals surface area contributed by atoms with Crippen LogP contribution in [0.3, 0.4) is 0 Å². The lowest BCUT2D eigenvalue weighted by molar-refractivity contribution is 1.30. The van der Waals surface area contributed by atoms with E-state index in [0.29, 0.717) is 0 Å². The quantitative estimate of drug-likeness (QED) is 0.637. The Bertz CT molecular complexity index is 558. The average Bonchev–Trinajstić information content (AvgIpc) is 2.30. The molecule has 0 spiro atoms. The minimum absolute atomic E-state index is 0.800. The third-order valence-corrected chi connectivity index (χ3v) is 2.65. The van der Waals surface area contributed by atoms with Crippen molar-refractivity contribution in [3.05, 3.63) is 36.0 Å². The van der Waals surface area contributed by atoms with Gasteiger partial charge in [0.2, 0.25) is 0 Å². The summed E-state index contributed by atoms with van der Waals surface area (Å²) < 4.78 is 0. The second-order valence-electron chi connectivity index (χ2n) is 3.61. The van der Waals surface area contributed by atoms with E-state index in [1.54, 1.807) is 6.20 Å². The molecule has 0 fully saturated rings. The van der Waals surface area contributed by atoms with E-state index in [-0.39, 0.29) is 0 Å². The standard InChI is InChI=1S/C12H11N3/c13-10-7-8-3-1-5-14-11(8)12-9(10)4-2-6-15-12/h1-5,7,15H,6,13H2. The molecule has 1 aromatic carbocycles. The van der Waals surface area contributed by atoms with Crippen LogP contribution in [-0.2, 0) is 0 Å². The lowest BCUT2D eigenvalue weighted by Crippen LogP contribution is -2.07. The predicted molar refractivity (Wildman–Crippen MR) is 63.7 cm³/mol. The van der Waals surface area contributed by atoms with Gasteiger partial charge < -0.3 is 11.1 Å². The molecule has 0 saturated heterocycles. The van der Waals surface area contributed by atoms with E-state index in [2.05, 4.69) is 22.5 Å². The van der Waals surface area contributed by atoms with E-state index in [0.717, 1.165) is 34.4 Å². The Hall–Kier alpha value is -2.03. The normalized spacial score (nSPS) is 13.6. The number of hydrogen-bond acceptors (Lipinski definition) is 3. The van der Waals surface area contributed by atoms with Crippen molar-refractivity contribution in [1.29, 1.82) is 0 Å². The van der Waals surface area contributed by atoms with Gasteiger partial charge in [-0.1, -0.05) is 18.2 Å². The molecule has 0 aliphatic carbocycles. The second kappa shape index (κ2) is 2.98. The third kappa shape index (κ3) is 1.16. The maximum Gasteiger partial charge on any atom is 0.0941 e. The Kier molecular flexibility index (Phi) is 1.65. The number of anilines is 2. The highest BCUT2D eigenvalue weighted by Crippen LogP contribution is 2.33. The average molecular weight is 197 g/mol. The van der Waals surface area contributed by atoms with Crippen LogP contribution in [0.1, 0.15) is 5.56 Å². The fourth-order valence-electron chi connectivity index (χ4n) is 1.96. The van der Waals surface area contributed by atoms with Gasteiger partial charge in [-0.05, 0) is 12.1 Å². The molecule has 0 unspecified atom stereocenters. The molecule has 2 aromatic rings. The summed E-state index contributed by atoms with van der Waals surface area (Å²) in [6, 6.07) is 5.92. The molecule has 0 saturated carbocycles. The molecule has 1 aromatic heterocycles. The van der Waals surface area contributed by atoms with Gasteiger partial charge in [-0.25, -0.2) is 0 Å². The number of hydrogen-bond donors (Lipinski definition) is 2. The summed E-state index contributed by atoms with van der Waals surface area (Å²) in [6.45, 7) is 0.835. The summed E-state index contributed by atoms with van der Waals surface area (Å²) in [6.07, 6.45) is 5.92. The minimum Gasteiger partial charge on any atom is -0.398 e. The van der Waals surface area contributed by atoms with E-state index in [9.17, 15) is 0 Å². The number of rotatable bonds is 0. The molecule has 3 heteroatoms. The zero-order valence-electron chi connectivity index (χ0n) is 8.20. The highest BCUT2D eigenvalue weighted by atomic mass is 14.9. The van der Waals surface area contributed by atoms with Crippen molar-refractivity contribution < 1.29 is 0 Å². The number of aromatic nitrogens is 1. The van der Waals surface area contributed by atoms with Crippen LogP contribution >= 0.6 is 0 Å². The fraction of sp³-hybridized carbons (Fsp3) is 0.0833. The van der Waals surface area contributed by atoms with Crippen LogP contribution < -0.4 is 11.1 Å². The van der Waals surface area contributed by atoms with Gasteiger partial charge in [0, 0.05) is 29.4 Å². The van der Waals surface area contributed by atoms with Gasteiger partial charge in [0.05, 0.1) is 11.2 Å². The van der Waals surface area contributed by atoms with Crippen LogP contribution in [0, 0.1) is 0 Å². The molecule has 0 bridgehead atoms. The molecule has 2 heterocycles. The summed E-state index contributed by atoms with van der Waals surface area (Å²) >= 11 is 0. The number of benzene rings is 1. The summed E-state index contributed by atoms with van der Waals surface area (Å²) in [5.41, 5.74) is 9.88. The first kappa shape index (κ1) is 8.29. The number of pyridine rings is 1. The molecule has 0 amide bonds. The summed E-state index contributed by atoms with van der Waals surface area (Å²) in [7, 11) is 0. The lowest BCUT2D eigenvalue weighted by Gasteiger charge is -2.16. The van der Waals surface area contributed by atoms with Crippen molar-refractivity contribution in [3.63, 3.8) is 0 Å². The first-order chi connectivity index (χ1) is 7.36. The highest BCUT2D eigenvalue weighted by Gasteiger charge is 2.12. The molecule has 74 valence electrons. The van der Waals surface area contributed by atoms with Gasteiger partial charge in [0.25, 0.3) is 0 Å². The Morgan fingerprint density at radius 3 is 3.27 bits per heavy atom. The van der Waals surface area contributed by atoms with Gasteiger partial charge in [-0.3, -0.25) is 4.98 Å². The number of nitrogens with zero attached hydrogens (tertiary/aromatic N) is 1. The third-order valence-electron chi connectivity index (χ3n) is 2.65. The largest absolute Gasteiger partial charge is 0.398 e. The lowest BCUT2D eigenvalue weighted by atomic mass is 10.0. The number of fused-ring (bicyclic) bond motifs is 3. The first-order valence-corrected chi connectivity index (χ1v) is 4.94. The van der Waals surface area contributed by atoms with Gasteiger partial charge in [-0.15, -0.1) is 0 Å². The monoisotopic (exact) mass is 197 g/mol. The first-order valence-electron chi connectivity index (χ1n) is 4.94. The number of nitrogens with one attached hydrogen (secondary N) is 1. The van der Waals surface area contributed by atoms with Crippen LogP contribution in [-0.4, -0.2) is 11.5 Å². The molecule has 1 aliphatic heterocycles. The topological polar surface area (TPSA) is 50.9 Å². The Morgan fingerprint density at radius 2 is 2.33 bits per heavy atom.